The first-order chi connectivity index (χ1) is 12.4. The van der Waals surface area contributed by atoms with Crippen molar-refractivity contribution in [3.63, 3.8) is 0 Å². The number of rotatable bonds is 4. The van der Waals surface area contributed by atoms with E-state index in [9.17, 15) is 13.6 Å². The number of carbonyl (C=O) groups is 1. The van der Waals surface area contributed by atoms with E-state index in [1.165, 1.54) is 18.5 Å². The van der Waals surface area contributed by atoms with Gasteiger partial charge in [0.25, 0.3) is 5.91 Å². The SMILES string of the molecule is Cc1cc(C)cc(NC(=O)c2cnc(Nc3c(F)cccc3F)nc2)c1. The lowest BCUT2D eigenvalue weighted by Gasteiger charge is -2.09. The molecule has 2 N–H and O–H groups in total. The Bertz CT molecular complexity index is 918. The Morgan fingerprint density at radius 1 is 0.962 bits per heavy atom. The van der Waals surface area contributed by atoms with Crippen molar-refractivity contribution in [2.75, 3.05) is 10.6 Å². The highest BCUT2D eigenvalue weighted by Gasteiger charge is 2.12. The fourth-order valence-electron chi connectivity index (χ4n) is 2.49. The molecule has 1 heterocycles. The number of amides is 1. The van der Waals surface area contributed by atoms with Crippen LogP contribution < -0.4 is 10.6 Å². The van der Waals surface area contributed by atoms with Gasteiger partial charge in [0.05, 0.1) is 5.56 Å². The van der Waals surface area contributed by atoms with Gasteiger partial charge in [-0.05, 0) is 49.2 Å². The topological polar surface area (TPSA) is 66.9 Å². The summed E-state index contributed by atoms with van der Waals surface area (Å²) in [5, 5.41) is 5.24. The van der Waals surface area contributed by atoms with Gasteiger partial charge >= 0.3 is 0 Å². The minimum absolute atomic E-state index is 0.0167. The molecule has 0 saturated carbocycles. The quantitative estimate of drug-likeness (QED) is 0.730. The normalized spacial score (nSPS) is 10.5. The van der Waals surface area contributed by atoms with Gasteiger partial charge in [0.1, 0.15) is 17.3 Å². The van der Waals surface area contributed by atoms with Gasteiger partial charge in [0.2, 0.25) is 5.95 Å². The third kappa shape index (κ3) is 4.00. The summed E-state index contributed by atoms with van der Waals surface area (Å²) in [5.41, 5.74) is 2.61. The second-order valence-electron chi connectivity index (χ2n) is 5.85. The van der Waals surface area contributed by atoms with Gasteiger partial charge in [-0.15, -0.1) is 0 Å². The second-order valence-corrected chi connectivity index (χ2v) is 5.85. The van der Waals surface area contributed by atoms with Crippen LogP contribution in [0.2, 0.25) is 0 Å². The van der Waals surface area contributed by atoms with E-state index in [4.69, 9.17) is 0 Å². The standard InChI is InChI=1S/C19H16F2N4O/c1-11-6-12(2)8-14(7-11)24-18(26)13-9-22-19(23-10-13)25-17-15(20)4-3-5-16(17)21/h3-10H,1-2H3,(H,24,26)(H,22,23,25). The molecule has 5 nitrogen and oxygen atoms in total. The Labute approximate surface area is 149 Å². The summed E-state index contributed by atoms with van der Waals surface area (Å²) >= 11 is 0. The van der Waals surface area contributed by atoms with Crippen LogP contribution in [0.5, 0.6) is 0 Å². The average Bonchev–Trinajstić information content (AvgIpc) is 2.58. The monoisotopic (exact) mass is 354 g/mol. The van der Waals surface area contributed by atoms with E-state index in [1.807, 2.05) is 32.0 Å². The van der Waals surface area contributed by atoms with Crippen LogP contribution in [0.4, 0.5) is 26.1 Å². The molecule has 1 aromatic heterocycles. The van der Waals surface area contributed by atoms with E-state index in [-0.39, 0.29) is 23.1 Å². The molecule has 26 heavy (non-hydrogen) atoms. The van der Waals surface area contributed by atoms with Crippen LogP contribution in [0.15, 0.2) is 48.8 Å². The third-order valence-corrected chi connectivity index (χ3v) is 3.59. The summed E-state index contributed by atoms with van der Waals surface area (Å²) in [6, 6.07) is 9.21. The van der Waals surface area contributed by atoms with Gasteiger partial charge in [0.15, 0.2) is 0 Å². The predicted octanol–water partition coefficient (Wildman–Crippen LogP) is 4.37. The number of nitrogens with one attached hydrogen (secondary N) is 2. The molecule has 1 amide bonds. The Hall–Kier alpha value is -3.35. The van der Waals surface area contributed by atoms with Gasteiger partial charge in [0, 0.05) is 18.1 Å². The molecule has 7 heteroatoms. The lowest BCUT2D eigenvalue weighted by atomic mass is 10.1. The maximum Gasteiger partial charge on any atom is 0.258 e. The van der Waals surface area contributed by atoms with Crippen molar-refractivity contribution >= 4 is 23.2 Å². The number of anilines is 3. The van der Waals surface area contributed by atoms with Gasteiger partial charge in [-0.3, -0.25) is 4.79 Å². The molecule has 0 bridgehead atoms. The number of aryl methyl sites for hydroxylation is 2. The Morgan fingerprint density at radius 2 is 1.54 bits per heavy atom. The number of nitrogens with zero attached hydrogens (tertiary/aromatic N) is 2. The first-order valence-corrected chi connectivity index (χ1v) is 7.85. The lowest BCUT2D eigenvalue weighted by molar-refractivity contribution is 0.102. The smallest absolute Gasteiger partial charge is 0.258 e. The summed E-state index contributed by atoms with van der Waals surface area (Å²) < 4.78 is 27.3. The van der Waals surface area contributed by atoms with Crippen molar-refractivity contribution < 1.29 is 13.6 Å². The Morgan fingerprint density at radius 3 is 2.12 bits per heavy atom. The molecular formula is C19H16F2N4O. The summed E-state index contributed by atoms with van der Waals surface area (Å²) in [6.07, 6.45) is 2.57. The minimum Gasteiger partial charge on any atom is -0.322 e. The van der Waals surface area contributed by atoms with Crippen molar-refractivity contribution in [2.45, 2.75) is 13.8 Å². The Balaban J connectivity index is 1.73. The first kappa shape index (κ1) is 17.5. The second kappa shape index (κ2) is 7.26. The van der Waals surface area contributed by atoms with E-state index in [2.05, 4.69) is 20.6 Å². The van der Waals surface area contributed by atoms with Crippen molar-refractivity contribution in [2.24, 2.45) is 0 Å². The van der Waals surface area contributed by atoms with Gasteiger partial charge in [-0.1, -0.05) is 12.1 Å². The van der Waals surface area contributed by atoms with Crippen LogP contribution in [0, 0.1) is 25.5 Å². The van der Waals surface area contributed by atoms with E-state index < -0.39 is 11.6 Å². The lowest BCUT2D eigenvalue weighted by Crippen LogP contribution is -2.13. The van der Waals surface area contributed by atoms with E-state index in [0.29, 0.717) is 5.69 Å². The number of carbonyl (C=O) groups excluding carboxylic acids is 1. The molecule has 0 radical (unpaired) electrons. The molecule has 132 valence electrons. The summed E-state index contributed by atoms with van der Waals surface area (Å²) in [6.45, 7) is 3.88. The summed E-state index contributed by atoms with van der Waals surface area (Å²) in [5.74, 6) is -1.91. The number of benzene rings is 2. The zero-order valence-corrected chi connectivity index (χ0v) is 14.2. The highest BCUT2D eigenvalue weighted by Crippen LogP contribution is 2.21. The summed E-state index contributed by atoms with van der Waals surface area (Å²) in [4.78, 5) is 20.2. The first-order valence-electron chi connectivity index (χ1n) is 7.85. The highest BCUT2D eigenvalue weighted by atomic mass is 19.1. The average molecular weight is 354 g/mol. The number of hydrogen-bond donors (Lipinski definition) is 2. The van der Waals surface area contributed by atoms with Crippen LogP contribution in [-0.4, -0.2) is 15.9 Å². The molecule has 0 spiro atoms. The molecular weight excluding hydrogens is 338 g/mol. The van der Waals surface area contributed by atoms with Crippen molar-refractivity contribution in [1.82, 2.24) is 9.97 Å². The van der Waals surface area contributed by atoms with E-state index in [1.54, 1.807) is 0 Å². The molecule has 3 aromatic rings. The van der Waals surface area contributed by atoms with Crippen LogP contribution in [-0.2, 0) is 0 Å². The number of para-hydroxylation sites is 1. The van der Waals surface area contributed by atoms with Crippen LogP contribution in [0.1, 0.15) is 21.5 Å². The molecule has 0 aliphatic heterocycles. The molecule has 0 saturated heterocycles. The van der Waals surface area contributed by atoms with Crippen molar-refractivity contribution in [3.05, 3.63) is 77.1 Å². The van der Waals surface area contributed by atoms with Gasteiger partial charge < -0.3 is 10.6 Å². The molecule has 0 atom stereocenters. The van der Waals surface area contributed by atoms with Gasteiger partial charge in [-0.25, -0.2) is 18.7 Å². The zero-order chi connectivity index (χ0) is 18.7. The predicted molar refractivity (Wildman–Crippen MR) is 95.5 cm³/mol. The third-order valence-electron chi connectivity index (χ3n) is 3.59. The zero-order valence-electron chi connectivity index (χ0n) is 14.2. The minimum atomic E-state index is -0.759. The number of hydrogen-bond acceptors (Lipinski definition) is 4. The van der Waals surface area contributed by atoms with Crippen LogP contribution in [0.25, 0.3) is 0 Å². The fraction of sp³-hybridized carbons (Fsp3) is 0.105. The van der Waals surface area contributed by atoms with Crippen molar-refractivity contribution in [1.29, 1.82) is 0 Å². The molecule has 0 unspecified atom stereocenters. The van der Waals surface area contributed by atoms with E-state index in [0.717, 1.165) is 23.3 Å². The Kier molecular flexibility index (Phi) is 4.88. The molecule has 3 rings (SSSR count). The number of aromatic nitrogens is 2. The van der Waals surface area contributed by atoms with Gasteiger partial charge in [-0.2, -0.15) is 0 Å². The molecule has 0 aliphatic carbocycles. The maximum atomic E-state index is 13.6. The van der Waals surface area contributed by atoms with Crippen LogP contribution in [0.3, 0.4) is 0 Å². The number of halogens is 2. The molecule has 0 aliphatic rings. The van der Waals surface area contributed by atoms with E-state index >= 15 is 0 Å². The maximum absolute atomic E-state index is 13.6. The molecule has 2 aromatic carbocycles. The fourth-order valence-corrected chi connectivity index (χ4v) is 2.49. The molecule has 0 fully saturated rings. The van der Waals surface area contributed by atoms with Crippen molar-refractivity contribution in [3.8, 4) is 0 Å². The summed E-state index contributed by atoms with van der Waals surface area (Å²) in [7, 11) is 0. The van der Waals surface area contributed by atoms with Crippen LogP contribution >= 0.6 is 0 Å². The highest BCUT2D eigenvalue weighted by molar-refractivity contribution is 6.04. The largest absolute Gasteiger partial charge is 0.322 e.